The van der Waals surface area contributed by atoms with Gasteiger partial charge in [-0.1, -0.05) is 30.3 Å². The molecule has 3 aromatic rings. The van der Waals surface area contributed by atoms with E-state index in [4.69, 9.17) is 0 Å². The molecular weight excluding hydrogens is 342 g/mol. The highest BCUT2D eigenvalue weighted by atomic mass is 16.3. The normalized spacial score (nSPS) is 10.5. The van der Waals surface area contributed by atoms with Gasteiger partial charge in [-0.25, -0.2) is 5.43 Å². The number of nitrogens with one attached hydrogen (secondary N) is 2. The van der Waals surface area contributed by atoms with Crippen molar-refractivity contribution in [2.75, 3.05) is 5.32 Å². The van der Waals surface area contributed by atoms with Crippen LogP contribution in [0.1, 0.15) is 26.3 Å². The minimum absolute atomic E-state index is 0.0778. The summed E-state index contributed by atoms with van der Waals surface area (Å²) in [6.07, 6.45) is 1.36. The van der Waals surface area contributed by atoms with Gasteiger partial charge in [0.2, 0.25) is 0 Å². The fourth-order valence-electron chi connectivity index (χ4n) is 2.32. The van der Waals surface area contributed by atoms with Gasteiger partial charge < -0.3 is 10.4 Å². The van der Waals surface area contributed by atoms with Crippen molar-refractivity contribution in [3.63, 3.8) is 0 Å². The molecular formula is C21H17N3O3. The van der Waals surface area contributed by atoms with Crippen molar-refractivity contribution >= 4 is 23.7 Å². The van der Waals surface area contributed by atoms with Gasteiger partial charge in [-0.2, -0.15) is 5.10 Å². The Bertz CT molecular complexity index is 967. The first-order valence-corrected chi connectivity index (χ1v) is 8.21. The fraction of sp³-hybridized carbons (Fsp3) is 0. The highest BCUT2D eigenvalue weighted by molar-refractivity contribution is 6.04. The number of amides is 2. The average molecular weight is 359 g/mol. The number of hydrogen-bond acceptors (Lipinski definition) is 4. The van der Waals surface area contributed by atoms with Gasteiger partial charge in [0.1, 0.15) is 5.75 Å². The number of benzene rings is 3. The molecule has 0 unspecified atom stereocenters. The van der Waals surface area contributed by atoms with Gasteiger partial charge in [-0.15, -0.1) is 0 Å². The molecule has 0 aliphatic heterocycles. The summed E-state index contributed by atoms with van der Waals surface area (Å²) < 4.78 is 0. The van der Waals surface area contributed by atoms with E-state index in [0.717, 1.165) is 0 Å². The summed E-state index contributed by atoms with van der Waals surface area (Å²) in [6.45, 7) is 0. The summed E-state index contributed by atoms with van der Waals surface area (Å²) in [5.41, 5.74) is 4.42. The van der Waals surface area contributed by atoms with Crippen LogP contribution in [0, 0.1) is 0 Å². The molecule has 3 aromatic carbocycles. The number of para-hydroxylation sites is 1. The van der Waals surface area contributed by atoms with Crippen molar-refractivity contribution in [3.05, 3.63) is 95.6 Å². The van der Waals surface area contributed by atoms with Crippen LogP contribution in [0.3, 0.4) is 0 Å². The van der Waals surface area contributed by atoms with Crippen LogP contribution in [0.5, 0.6) is 5.75 Å². The molecule has 27 heavy (non-hydrogen) atoms. The maximum atomic E-state index is 12.1. The molecule has 0 radical (unpaired) electrons. The summed E-state index contributed by atoms with van der Waals surface area (Å²) in [6, 6.07) is 22.0. The second-order valence-electron chi connectivity index (χ2n) is 5.66. The average Bonchev–Trinajstić information content (AvgIpc) is 2.70. The zero-order valence-electron chi connectivity index (χ0n) is 14.3. The van der Waals surface area contributed by atoms with E-state index in [2.05, 4.69) is 15.8 Å². The Morgan fingerprint density at radius 3 is 2.11 bits per heavy atom. The van der Waals surface area contributed by atoms with Crippen molar-refractivity contribution in [2.45, 2.75) is 0 Å². The van der Waals surface area contributed by atoms with Gasteiger partial charge in [-0.3, -0.25) is 9.59 Å². The first-order valence-electron chi connectivity index (χ1n) is 8.21. The number of aromatic hydroxyl groups is 1. The monoisotopic (exact) mass is 359 g/mol. The lowest BCUT2D eigenvalue weighted by Crippen LogP contribution is -2.17. The van der Waals surface area contributed by atoms with E-state index in [9.17, 15) is 14.7 Å². The number of hydrogen-bond donors (Lipinski definition) is 3. The highest BCUT2D eigenvalue weighted by Crippen LogP contribution is 2.13. The molecule has 0 aliphatic rings. The second kappa shape index (κ2) is 8.44. The summed E-state index contributed by atoms with van der Waals surface area (Å²) in [7, 11) is 0. The molecule has 6 nitrogen and oxygen atoms in total. The fourth-order valence-corrected chi connectivity index (χ4v) is 2.32. The van der Waals surface area contributed by atoms with Crippen LogP contribution in [0.4, 0.5) is 5.69 Å². The quantitative estimate of drug-likeness (QED) is 0.482. The minimum Gasteiger partial charge on any atom is -0.507 e. The number of phenolic OH excluding ortho intramolecular Hbond substituents is 1. The number of nitrogens with zero attached hydrogens (tertiary/aromatic N) is 1. The maximum Gasteiger partial charge on any atom is 0.271 e. The third-order valence-electron chi connectivity index (χ3n) is 3.75. The lowest BCUT2D eigenvalue weighted by molar-refractivity contribution is 0.0954. The molecule has 0 atom stereocenters. The van der Waals surface area contributed by atoms with Gasteiger partial charge in [-0.05, 0) is 48.5 Å². The Morgan fingerprint density at radius 1 is 0.778 bits per heavy atom. The van der Waals surface area contributed by atoms with Crippen LogP contribution in [-0.2, 0) is 0 Å². The van der Waals surface area contributed by atoms with Gasteiger partial charge in [0.05, 0.1) is 6.21 Å². The molecule has 0 aliphatic carbocycles. The van der Waals surface area contributed by atoms with Crippen LogP contribution in [0.15, 0.2) is 84.0 Å². The van der Waals surface area contributed by atoms with Crippen LogP contribution >= 0.6 is 0 Å². The third-order valence-corrected chi connectivity index (χ3v) is 3.75. The molecule has 0 saturated heterocycles. The molecule has 0 saturated carbocycles. The number of anilines is 1. The summed E-state index contributed by atoms with van der Waals surface area (Å²) in [5.74, 6) is -0.545. The molecule has 0 spiro atoms. The van der Waals surface area contributed by atoms with E-state index >= 15 is 0 Å². The Balaban J connectivity index is 1.59. The molecule has 6 heteroatoms. The van der Waals surface area contributed by atoms with Crippen molar-refractivity contribution in [3.8, 4) is 5.75 Å². The van der Waals surface area contributed by atoms with Crippen LogP contribution in [0.25, 0.3) is 0 Å². The predicted octanol–water partition coefficient (Wildman–Crippen LogP) is 3.41. The van der Waals surface area contributed by atoms with E-state index in [-0.39, 0.29) is 11.7 Å². The largest absolute Gasteiger partial charge is 0.507 e. The lowest BCUT2D eigenvalue weighted by atomic mass is 10.1. The van der Waals surface area contributed by atoms with Crippen LogP contribution in [0.2, 0.25) is 0 Å². The van der Waals surface area contributed by atoms with Gasteiger partial charge in [0, 0.05) is 22.4 Å². The third kappa shape index (κ3) is 4.79. The van der Waals surface area contributed by atoms with Crippen molar-refractivity contribution in [1.82, 2.24) is 5.43 Å². The van der Waals surface area contributed by atoms with Crippen LogP contribution in [-0.4, -0.2) is 23.1 Å². The van der Waals surface area contributed by atoms with Gasteiger partial charge >= 0.3 is 0 Å². The standard InChI is InChI=1S/C21H17N3O3/c25-19-9-5-4-8-17(19)14-22-24-21(27)16-10-12-18(13-11-16)23-20(26)15-6-2-1-3-7-15/h1-14,25H,(H,23,26)(H,24,27)/b22-14+. The smallest absolute Gasteiger partial charge is 0.271 e. The van der Waals surface area contributed by atoms with Crippen LogP contribution < -0.4 is 10.7 Å². The molecule has 0 aromatic heterocycles. The Morgan fingerprint density at radius 2 is 1.41 bits per heavy atom. The zero-order valence-corrected chi connectivity index (χ0v) is 14.3. The molecule has 0 heterocycles. The number of hydrazone groups is 1. The SMILES string of the molecule is O=C(N/N=C/c1ccccc1O)c1ccc(NC(=O)c2ccccc2)cc1. The minimum atomic E-state index is -0.400. The number of carbonyl (C=O) groups excluding carboxylic acids is 2. The van der Waals surface area contributed by atoms with E-state index < -0.39 is 5.91 Å². The van der Waals surface area contributed by atoms with Crippen molar-refractivity contribution in [2.24, 2.45) is 5.10 Å². The topological polar surface area (TPSA) is 90.8 Å². The zero-order chi connectivity index (χ0) is 19.1. The predicted molar refractivity (Wildman–Crippen MR) is 104 cm³/mol. The molecule has 134 valence electrons. The van der Waals surface area contributed by atoms with E-state index in [1.54, 1.807) is 66.7 Å². The second-order valence-corrected chi connectivity index (χ2v) is 5.66. The molecule has 2 amide bonds. The van der Waals surface area contributed by atoms with Gasteiger partial charge in [0.25, 0.3) is 11.8 Å². The molecule has 0 fully saturated rings. The lowest BCUT2D eigenvalue weighted by Gasteiger charge is -2.06. The van der Waals surface area contributed by atoms with Gasteiger partial charge in [0.15, 0.2) is 0 Å². The summed E-state index contributed by atoms with van der Waals surface area (Å²) in [5, 5.41) is 16.2. The van der Waals surface area contributed by atoms with Crippen molar-refractivity contribution < 1.29 is 14.7 Å². The Hall–Kier alpha value is -3.93. The van der Waals surface area contributed by atoms with E-state index in [1.807, 2.05) is 6.07 Å². The van der Waals surface area contributed by atoms with E-state index in [1.165, 1.54) is 12.3 Å². The molecule has 0 bridgehead atoms. The first kappa shape index (κ1) is 17.9. The van der Waals surface area contributed by atoms with Crippen molar-refractivity contribution in [1.29, 1.82) is 0 Å². The summed E-state index contributed by atoms with van der Waals surface area (Å²) in [4.78, 5) is 24.2. The Labute approximate surface area is 156 Å². The molecule has 3 rings (SSSR count). The summed E-state index contributed by atoms with van der Waals surface area (Å²) >= 11 is 0. The molecule has 3 N–H and O–H groups in total. The Kier molecular flexibility index (Phi) is 5.59. The number of phenols is 1. The number of carbonyl (C=O) groups is 2. The van der Waals surface area contributed by atoms with E-state index in [0.29, 0.717) is 22.4 Å². The highest BCUT2D eigenvalue weighted by Gasteiger charge is 2.07. The maximum absolute atomic E-state index is 12.1. The number of rotatable bonds is 5. The first-order chi connectivity index (χ1) is 13.1.